The van der Waals surface area contributed by atoms with Gasteiger partial charge in [-0.25, -0.2) is 14.7 Å². The first-order chi connectivity index (χ1) is 14.2. The Morgan fingerprint density at radius 3 is 2.17 bits per heavy atom. The van der Waals surface area contributed by atoms with Gasteiger partial charge < -0.3 is 4.74 Å². The zero-order chi connectivity index (χ0) is 22.5. The van der Waals surface area contributed by atoms with Crippen molar-refractivity contribution < 1.29 is 24.0 Å². The molecule has 0 saturated heterocycles. The van der Waals surface area contributed by atoms with Crippen LogP contribution in [-0.4, -0.2) is 32.9 Å². The van der Waals surface area contributed by atoms with Crippen LogP contribution in [0.3, 0.4) is 0 Å². The summed E-state index contributed by atoms with van der Waals surface area (Å²) in [5.74, 6) is -0.572. The lowest BCUT2D eigenvalue weighted by atomic mass is 9.94. The van der Waals surface area contributed by atoms with Crippen LogP contribution >= 0.6 is 0 Å². The van der Waals surface area contributed by atoms with E-state index in [0.29, 0.717) is 13.2 Å². The Morgan fingerprint density at radius 2 is 1.60 bits per heavy atom. The Balaban J connectivity index is 2.35. The molecule has 0 aliphatic heterocycles. The summed E-state index contributed by atoms with van der Waals surface area (Å²) in [5.41, 5.74) is 0.824. The van der Waals surface area contributed by atoms with Gasteiger partial charge in [0.05, 0.1) is 18.8 Å². The first-order valence-corrected chi connectivity index (χ1v) is 14.7. The molecule has 30 heavy (non-hydrogen) atoms. The molecule has 1 rings (SSSR count). The van der Waals surface area contributed by atoms with Gasteiger partial charge >= 0.3 is 0 Å². The average Bonchev–Trinajstić information content (AvgIpc) is 2.73. The van der Waals surface area contributed by atoms with Crippen LogP contribution in [0.25, 0.3) is 0 Å². The highest BCUT2D eigenvalue weighted by molar-refractivity contribution is 6.73. The fourth-order valence-corrected chi connectivity index (χ4v) is 6.04. The summed E-state index contributed by atoms with van der Waals surface area (Å²) < 4.78 is 12.3. The molecule has 1 fully saturated rings. The van der Waals surface area contributed by atoms with E-state index in [0.717, 1.165) is 75.1 Å². The molecule has 0 aromatic heterocycles. The van der Waals surface area contributed by atoms with Crippen LogP contribution in [0, 0.1) is 0 Å². The zero-order valence-electron chi connectivity index (χ0n) is 20.6. The molecule has 0 bridgehead atoms. The van der Waals surface area contributed by atoms with Crippen LogP contribution in [0.5, 0.6) is 0 Å². The Morgan fingerprint density at radius 1 is 0.967 bits per heavy atom. The van der Waals surface area contributed by atoms with E-state index >= 15 is 0 Å². The van der Waals surface area contributed by atoms with Crippen LogP contribution in [0.1, 0.15) is 99.3 Å². The van der Waals surface area contributed by atoms with Crippen molar-refractivity contribution in [1.82, 2.24) is 0 Å². The van der Waals surface area contributed by atoms with E-state index in [9.17, 15) is 0 Å². The van der Waals surface area contributed by atoms with Crippen LogP contribution in [-0.2, 0) is 24.0 Å². The lowest BCUT2D eigenvalue weighted by molar-refractivity contribution is -0.435. The van der Waals surface area contributed by atoms with E-state index in [1.807, 2.05) is 6.92 Å². The van der Waals surface area contributed by atoms with E-state index in [1.165, 1.54) is 6.42 Å². The van der Waals surface area contributed by atoms with Gasteiger partial charge in [-0.05, 0) is 77.4 Å². The van der Waals surface area contributed by atoms with Crippen LogP contribution in [0.15, 0.2) is 12.2 Å². The lowest BCUT2D eigenvalue weighted by Crippen LogP contribution is -2.40. The van der Waals surface area contributed by atoms with Gasteiger partial charge in [-0.1, -0.05) is 32.8 Å². The van der Waals surface area contributed by atoms with Crippen LogP contribution in [0.4, 0.5) is 0 Å². The minimum Gasteiger partial charge on any atom is -0.347 e. The SMILES string of the molecule is C=C(C)CCOOC1(OCCCCC(C)(C)OO[Si](CC)(CC)CC)CCCCC1. The predicted molar refractivity (Wildman–Crippen MR) is 126 cm³/mol. The Kier molecular flexibility index (Phi) is 13.0. The molecule has 6 heteroatoms. The third kappa shape index (κ3) is 10.4. The van der Waals surface area contributed by atoms with Crippen LogP contribution < -0.4 is 0 Å². The van der Waals surface area contributed by atoms with Crippen molar-refractivity contribution >= 4 is 8.32 Å². The second kappa shape index (κ2) is 14.0. The fraction of sp³-hybridized carbons (Fsp3) is 0.917. The maximum absolute atomic E-state index is 6.22. The van der Waals surface area contributed by atoms with E-state index in [2.05, 4.69) is 41.2 Å². The van der Waals surface area contributed by atoms with Gasteiger partial charge in [0.2, 0.25) is 14.1 Å². The molecule has 178 valence electrons. The maximum Gasteiger partial charge on any atom is 0.238 e. The number of rotatable bonds is 17. The first kappa shape index (κ1) is 27.8. The van der Waals surface area contributed by atoms with Gasteiger partial charge in [-0.3, -0.25) is 4.58 Å². The molecule has 0 N–H and O–H groups in total. The number of hydrogen-bond donors (Lipinski definition) is 0. The summed E-state index contributed by atoms with van der Waals surface area (Å²) in [6, 6.07) is 3.29. The number of ether oxygens (including phenoxy) is 1. The third-order valence-corrected chi connectivity index (χ3v) is 10.7. The monoisotopic (exact) mass is 444 g/mol. The summed E-state index contributed by atoms with van der Waals surface area (Å²) in [6.07, 6.45) is 9.06. The molecule has 0 atom stereocenters. The van der Waals surface area contributed by atoms with Crippen molar-refractivity contribution in [3.05, 3.63) is 12.2 Å². The van der Waals surface area contributed by atoms with E-state index in [-0.39, 0.29) is 5.60 Å². The number of hydrogen-bond acceptors (Lipinski definition) is 5. The standard InChI is InChI=1S/C24H48O5Si/c1-8-30(9-2,10-3)29-27-23(6,7)17-14-15-20-25-24(18-12-11-13-19-24)28-26-21-16-22(4)5/h4,8-21H2,1-3,5-7H3. The lowest BCUT2D eigenvalue weighted by Gasteiger charge is -2.35. The third-order valence-electron chi connectivity index (χ3n) is 6.35. The molecular weight excluding hydrogens is 396 g/mol. The molecule has 0 spiro atoms. The Bertz CT molecular complexity index is 462. The predicted octanol–water partition coefficient (Wildman–Crippen LogP) is 7.48. The summed E-state index contributed by atoms with van der Waals surface area (Å²) in [6.45, 7) is 18.0. The van der Waals surface area contributed by atoms with Gasteiger partial charge in [-0.2, -0.15) is 0 Å². The molecule has 0 amide bonds. The summed E-state index contributed by atoms with van der Waals surface area (Å²) in [4.78, 5) is 17.2. The summed E-state index contributed by atoms with van der Waals surface area (Å²) in [7, 11) is -1.72. The van der Waals surface area contributed by atoms with Gasteiger partial charge in [0.25, 0.3) is 0 Å². The topological polar surface area (TPSA) is 46.2 Å². The molecule has 0 unspecified atom stereocenters. The van der Waals surface area contributed by atoms with E-state index in [4.69, 9.17) is 24.0 Å². The molecule has 0 heterocycles. The molecule has 0 aromatic rings. The highest BCUT2D eigenvalue weighted by atomic mass is 28.4. The molecule has 0 radical (unpaired) electrons. The van der Waals surface area contributed by atoms with Gasteiger partial charge in [0, 0.05) is 12.8 Å². The molecular formula is C24H48O5Si. The van der Waals surface area contributed by atoms with Crippen molar-refractivity contribution in [2.45, 2.75) is 129 Å². The zero-order valence-corrected chi connectivity index (χ0v) is 21.6. The van der Waals surface area contributed by atoms with Crippen molar-refractivity contribution in [3.63, 3.8) is 0 Å². The number of unbranched alkanes of at least 4 members (excludes halogenated alkanes) is 1. The second-order valence-electron chi connectivity index (χ2n) is 9.56. The Labute approximate surface area is 186 Å². The molecule has 1 aliphatic carbocycles. The molecule has 5 nitrogen and oxygen atoms in total. The fourth-order valence-electron chi connectivity index (χ4n) is 3.79. The quantitative estimate of drug-likeness (QED) is 0.0581. The smallest absolute Gasteiger partial charge is 0.238 e. The first-order valence-electron chi connectivity index (χ1n) is 12.2. The second-order valence-corrected chi connectivity index (χ2v) is 14.2. The minimum atomic E-state index is -1.72. The maximum atomic E-state index is 6.22. The Hall–Kier alpha value is -0.243. The molecule has 0 aromatic carbocycles. The van der Waals surface area contributed by atoms with E-state index < -0.39 is 14.1 Å². The van der Waals surface area contributed by atoms with E-state index in [1.54, 1.807) is 0 Å². The van der Waals surface area contributed by atoms with Crippen molar-refractivity contribution in [1.29, 1.82) is 0 Å². The van der Waals surface area contributed by atoms with Crippen molar-refractivity contribution in [3.8, 4) is 0 Å². The van der Waals surface area contributed by atoms with Crippen molar-refractivity contribution in [2.24, 2.45) is 0 Å². The van der Waals surface area contributed by atoms with Gasteiger partial charge in [0.15, 0.2) is 0 Å². The summed E-state index contributed by atoms with van der Waals surface area (Å²) in [5, 5.41) is 0. The average molecular weight is 445 g/mol. The highest BCUT2D eigenvalue weighted by Crippen LogP contribution is 2.33. The highest BCUT2D eigenvalue weighted by Gasteiger charge is 2.36. The largest absolute Gasteiger partial charge is 0.347 e. The normalized spacial score (nSPS) is 17.3. The molecule has 1 saturated carbocycles. The minimum absolute atomic E-state index is 0.275. The van der Waals surface area contributed by atoms with Crippen molar-refractivity contribution in [2.75, 3.05) is 13.2 Å². The van der Waals surface area contributed by atoms with Gasteiger partial charge in [-0.15, -0.1) is 6.58 Å². The summed E-state index contributed by atoms with van der Waals surface area (Å²) >= 11 is 0. The van der Waals surface area contributed by atoms with Crippen LogP contribution in [0.2, 0.25) is 18.1 Å². The molecule has 1 aliphatic rings. The van der Waals surface area contributed by atoms with Gasteiger partial charge in [0.1, 0.15) is 0 Å².